The summed E-state index contributed by atoms with van der Waals surface area (Å²) in [4.78, 5) is 5.28. The fourth-order valence-electron chi connectivity index (χ4n) is 4.56. The number of aromatic nitrogens is 1. The van der Waals surface area contributed by atoms with Gasteiger partial charge >= 0.3 is 0 Å². The van der Waals surface area contributed by atoms with E-state index in [1.165, 1.54) is 0 Å². The third-order valence-electron chi connectivity index (χ3n) is 6.29. The van der Waals surface area contributed by atoms with Crippen molar-refractivity contribution in [2.24, 2.45) is 0 Å². The van der Waals surface area contributed by atoms with Crippen molar-refractivity contribution in [1.29, 1.82) is 0 Å². The zero-order valence-corrected chi connectivity index (χ0v) is 20.7. The smallest absolute Gasteiger partial charge is 0.161 e. The largest absolute Gasteiger partial charge is 0.493 e. The van der Waals surface area contributed by atoms with E-state index in [9.17, 15) is 0 Å². The second kappa shape index (κ2) is 10.0. The number of hydrogen-bond donors (Lipinski definition) is 0. The van der Waals surface area contributed by atoms with Crippen LogP contribution in [0, 0.1) is 0 Å². The Bertz CT molecular complexity index is 1530. The molecule has 0 aliphatic rings. The number of nitrogens with zero attached hydrogens (tertiary/aromatic N) is 1. The van der Waals surface area contributed by atoms with Crippen LogP contribution in [0.4, 0.5) is 0 Å². The SMILES string of the molecule is COc1ccc(-c2nc(-c3ccccc3)c3ccccc3c2-c2ccc(OC)c(OC)c2)cc1OC. The number of rotatable bonds is 7. The van der Waals surface area contributed by atoms with Crippen molar-refractivity contribution in [3.05, 3.63) is 91.0 Å². The number of ether oxygens (including phenoxy) is 4. The van der Waals surface area contributed by atoms with Gasteiger partial charge in [-0.15, -0.1) is 0 Å². The van der Waals surface area contributed by atoms with Gasteiger partial charge in [-0.25, -0.2) is 4.98 Å². The van der Waals surface area contributed by atoms with E-state index in [4.69, 9.17) is 23.9 Å². The van der Waals surface area contributed by atoms with Crippen molar-refractivity contribution < 1.29 is 18.9 Å². The zero-order valence-electron chi connectivity index (χ0n) is 20.7. The molecule has 5 aromatic rings. The predicted molar refractivity (Wildman–Crippen MR) is 144 cm³/mol. The Morgan fingerprint density at radius 1 is 0.444 bits per heavy atom. The maximum atomic E-state index is 5.63. The lowest BCUT2D eigenvalue weighted by Crippen LogP contribution is -1.98. The van der Waals surface area contributed by atoms with E-state index >= 15 is 0 Å². The van der Waals surface area contributed by atoms with Gasteiger partial charge in [0, 0.05) is 22.1 Å². The molecule has 4 aromatic carbocycles. The molecule has 0 spiro atoms. The van der Waals surface area contributed by atoms with Gasteiger partial charge in [0.1, 0.15) is 0 Å². The maximum absolute atomic E-state index is 5.63. The molecule has 0 radical (unpaired) electrons. The number of methoxy groups -OCH3 is 4. The van der Waals surface area contributed by atoms with E-state index in [0.717, 1.165) is 44.4 Å². The molecule has 0 atom stereocenters. The van der Waals surface area contributed by atoms with E-state index in [-0.39, 0.29) is 0 Å². The first kappa shape index (κ1) is 23.2. The van der Waals surface area contributed by atoms with Crippen LogP contribution in [0.3, 0.4) is 0 Å². The lowest BCUT2D eigenvalue weighted by molar-refractivity contribution is 0.355. The topological polar surface area (TPSA) is 49.8 Å². The fourth-order valence-corrected chi connectivity index (χ4v) is 4.56. The second-order valence-corrected chi connectivity index (χ2v) is 8.24. The quantitative estimate of drug-likeness (QED) is 0.247. The molecule has 5 heteroatoms. The molecule has 36 heavy (non-hydrogen) atoms. The van der Waals surface area contributed by atoms with Crippen molar-refractivity contribution in [2.75, 3.05) is 28.4 Å². The molecule has 180 valence electrons. The number of hydrogen-bond acceptors (Lipinski definition) is 5. The molecular formula is C31H27NO4. The Hall–Kier alpha value is -4.51. The standard InChI is InChI=1S/C31H27NO4/c1-33-25-16-14-21(18-27(25)35-3)29-23-12-8-9-13-24(23)30(20-10-6-5-7-11-20)32-31(29)22-15-17-26(34-2)28(19-22)36-4/h5-19H,1-4H3. The van der Waals surface area contributed by atoms with Crippen LogP contribution in [0.1, 0.15) is 0 Å². The van der Waals surface area contributed by atoms with E-state index < -0.39 is 0 Å². The first-order chi connectivity index (χ1) is 17.7. The summed E-state index contributed by atoms with van der Waals surface area (Å²) in [6.07, 6.45) is 0. The molecular weight excluding hydrogens is 450 g/mol. The molecule has 1 heterocycles. The normalized spacial score (nSPS) is 10.8. The Morgan fingerprint density at radius 3 is 1.58 bits per heavy atom. The van der Waals surface area contributed by atoms with Crippen LogP contribution in [0.15, 0.2) is 91.0 Å². The summed E-state index contributed by atoms with van der Waals surface area (Å²) in [5, 5.41) is 2.15. The van der Waals surface area contributed by atoms with E-state index in [0.29, 0.717) is 23.0 Å². The van der Waals surface area contributed by atoms with Gasteiger partial charge in [0.05, 0.1) is 39.8 Å². The minimum Gasteiger partial charge on any atom is -0.493 e. The van der Waals surface area contributed by atoms with Gasteiger partial charge < -0.3 is 18.9 Å². The van der Waals surface area contributed by atoms with Crippen molar-refractivity contribution in [2.45, 2.75) is 0 Å². The zero-order chi connectivity index (χ0) is 25.1. The first-order valence-electron chi connectivity index (χ1n) is 11.6. The summed E-state index contributed by atoms with van der Waals surface area (Å²) in [6, 6.07) is 30.5. The minimum absolute atomic E-state index is 0.643. The van der Waals surface area contributed by atoms with Crippen LogP contribution in [0.25, 0.3) is 44.4 Å². The summed E-state index contributed by atoms with van der Waals surface area (Å²) in [5.41, 5.74) is 5.69. The van der Waals surface area contributed by atoms with Crippen molar-refractivity contribution in [3.8, 4) is 56.6 Å². The van der Waals surface area contributed by atoms with Gasteiger partial charge in [0.15, 0.2) is 23.0 Å². The number of benzene rings is 4. The van der Waals surface area contributed by atoms with Crippen LogP contribution in [0.5, 0.6) is 23.0 Å². The number of pyridine rings is 1. The summed E-state index contributed by atoms with van der Waals surface area (Å²) in [7, 11) is 6.55. The van der Waals surface area contributed by atoms with Crippen molar-refractivity contribution >= 4 is 10.8 Å². The summed E-state index contributed by atoms with van der Waals surface area (Å²) in [6.45, 7) is 0. The molecule has 5 rings (SSSR count). The Balaban J connectivity index is 1.89. The molecule has 0 bridgehead atoms. The summed E-state index contributed by atoms with van der Waals surface area (Å²) >= 11 is 0. The lowest BCUT2D eigenvalue weighted by atomic mass is 9.91. The minimum atomic E-state index is 0.643. The van der Waals surface area contributed by atoms with Crippen LogP contribution < -0.4 is 18.9 Å². The van der Waals surface area contributed by atoms with Crippen LogP contribution in [-0.4, -0.2) is 33.4 Å². The number of fused-ring (bicyclic) bond motifs is 1. The third-order valence-corrected chi connectivity index (χ3v) is 6.29. The highest BCUT2D eigenvalue weighted by Crippen LogP contribution is 2.44. The highest BCUT2D eigenvalue weighted by Gasteiger charge is 2.20. The monoisotopic (exact) mass is 477 g/mol. The molecule has 0 amide bonds. The van der Waals surface area contributed by atoms with Gasteiger partial charge in [-0.2, -0.15) is 0 Å². The van der Waals surface area contributed by atoms with Gasteiger partial charge in [0.2, 0.25) is 0 Å². The second-order valence-electron chi connectivity index (χ2n) is 8.24. The molecule has 0 N–H and O–H groups in total. The van der Waals surface area contributed by atoms with Gasteiger partial charge in [0.25, 0.3) is 0 Å². The van der Waals surface area contributed by atoms with Gasteiger partial charge in [-0.05, 0) is 41.3 Å². The predicted octanol–water partition coefficient (Wildman–Crippen LogP) is 7.27. The molecule has 0 aliphatic carbocycles. The van der Waals surface area contributed by atoms with Crippen LogP contribution in [0.2, 0.25) is 0 Å². The lowest BCUT2D eigenvalue weighted by Gasteiger charge is -2.19. The summed E-state index contributed by atoms with van der Waals surface area (Å²) in [5.74, 6) is 2.64. The van der Waals surface area contributed by atoms with Crippen LogP contribution in [-0.2, 0) is 0 Å². The molecule has 0 unspecified atom stereocenters. The average Bonchev–Trinajstić information content (AvgIpc) is 2.96. The summed E-state index contributed by atoms with van der Waals surface area (Å²) < 4.78 is 22.2. The molecule has 1 aromatic heterocycles. The van der Waals surface area contributed by atoms with E-state index in [1.807, 2.05) is 60.7 Å². The Kier molecular flexibility index (Phi) is 6.46. The highest BCUT2D eigenvalue weighted by atomic mass is 16.5. The fraction of sp³-hybridized carbons (Fsp3) is 0.129. The van der Waals surface area contributed by atoms with Crippen molar-refractivity contribution in [1.82, 2.24) is 4.98 Å². The Morgan fingerprint density at radius 2 is 0.972 bits per heavy atom. The molecule has 0 aliphatic heterocycles. The highest BCUT2D eigenvalue weighted by molar-refractivity contribution is 6.08. The molecule has 0 saturated carbocycles. The van der Waals surface area contributed by atoms with E-state index in [2.05, 4.69) is 30.3 Å². The molecule has 5 nitrogen and oxygen atoms in total. The van der Waals surface area contributed by atoms with Crippen molar-refractivity contribution in [3.63, 3.8) is 0 Å². The molecule has 0 saturated heterocycles. The maximum Gasteiger partial charge on any atom is 0.161 e. The van der Waals surface area contributed by atoms with Gasteiger partial charge in [-0.3, -0.25) is 0 Å². The Labute approximate surface area is 210 Å². The van der Waals surface area contributed by atoms with E-state index in [1.54, 1.807) is 28.4 Å². The van der Waals surface area contributed by atoms with Gasteiger partial charge in [-0.1, -0.05) is 60.7 Å². The third kappa shape index (κ3) is 4.09. The average molecular weight is 478 g/mol. The molecule has 0 fully saturated rings. The first-order valence-corrected chi connectivity index (χ1v) is 11.6. The van der Waals surface area contributed by atoms with Crippen LogP contribution >= 0.6 is 0 Å².